The van der Waals surface area contributed by atoms with Crippen LogP contribution in [0.2, 0.25) is 25.7 Å². The molecule has 1 aromatic heterocycles. The number of amides is 5. The molecule has 78 heavy (non-hydrogen) atoms. The van der Waals surface area contributed by atoms with Gasteiger partial charge in [0.1, 0.15) is 29.9 Å². The van der Waals surface area contributed by atoms with E-state index >= 15 is 4.39 Å². The standard InChI is InChI=1S/C56H78F2N6O11S2Si/c1-55(2,3)51(47-33-42(44-34-43(57)21-22-45(44)58)36-63(47)35-40-17-12-10-13-18-40)64(28-16-25-60-53(69)73-29-32-78(7,8)9)49(66)39-76-38-46(62-48(65)23-24-50(67)75-56(4,5)6)52(68)59-26-30-77(71,72)31-27-61-54(70)74-37-41-19-14-11-15-20-41/h10-15,17-22,33-34,36,46,51H,16,23-32,35,37-39H2,1-9H3,(H,59,68)(H,60,69)(H,61,70)(H,62,65)/t46-,51-/m0/s1. The zero-order chi connectivity index (χ0) is 57.7. The summed E-state index contributed by atoms with van der Waals surface area (Å²) in [7, 11) is -5.29. The molecule has 0 saturated heterocycles. The minimum absolute atomic E-state index is 0.00423. The fourth-order valence-corrected chi connectivity index (χ4v) is 10.7. The molecule has 4 rings (SSSR count). The number of nitrogens with zero attached hydrogens (tertiary/aromatic N) is 2. The first kappa shape index (κ1) is 64.3. The van der Waals surface area contributed by atoms with Crippen molar-refractivity contribution in [2.75, 3.05) is 55.8 Å². The van der Waals surface area contributed by atoms with Crippen molar-refractivity contribution in [3.63, 3.8) is 0 Å². The second kappa shape index (κ2) is 30.2. The molecule has 2 atom stereocenters. The number of alkyl carbamates (subject to hydrolysis) is 2. The van der Waals surface area contributed by atoms with Crippen LogP contribution >= 0.6 is 11.8 Å². The summed E-state index contributed by atoms with van der Waals surface area (Å²) in [6.07, 6.45) is 0.0109. The van der Waals surface area contributed by atoms with Crippen LogP contribution in [0.3, 0.4) is 0 Å². The van der Waals surface area contributed by atoms with Crippen LogP contribution in [-0.4, -0.2) is 129 Å². The minimum Gasteiger partial charge on any atom is -0.460 e. The van der Waals surface area contributed by atoms with Gasteiger partial charge in [-0.2, -0.15) is 0 Å². The Hall–Kier alpha value is -6.26. The fraction of sp³-hybridized carbons (Fsp3) is 0.500. The number of esters is 1. The monoisotopic (exact) mass is 1140 g/mol. The SMILES string of the molecule is CC(C)(C)OC(=O)CCC(=O)N[C@@H](CSCC(=O)N(CCCNC(=O)OCC[Si](C)(C)C)[C@@H](c1cc(-c2cc(F)ccc2F)cn1Cc1ccccc1)C(C)(C)C)C(=O)NCCS(=O)(=O)CCNC(=O)OCc1ccccc1. The summed E-state index contributed by atoms with van der Waals surface area (Å²) >= 11 is 1.03. The summed E-state index contributed by atoms with van der Waals surface area (Å²) in [6, 6.07) is 22.2. The van der Waals surface area contributed by atoms with E-state index in [0.717, 1.165) is 47.1 Å². The third-order valence-corrected chi connectivity index (χ3v) is 16.1. The van der Waals surface area contributed by atoms with Crippen molar-refractivity contribution in [2.24, 2.45) is 5.41 Å². The molecule has 428 valence electrons. The molecule has 5 amide bonds. The number of carbonyl (C=O) groups is 6. The maximum atomic E-state index is 15.5. The lowest BCUT2D eigenvalue weighted by atomic mass is 9.83. The van der Waals surface area contributed by atoms with Gasteiger partial charge in [0.05, 0.1) is 36.3 Å². The highest BCUT2D eigenvalue weighted by Gasteiger charge is 2.37. The number of rotatable bonds is 29. The van der Waals surface area contributed by atoms with Gasteiger partial charge in [0.15, 0.2) is 9.84 Å². The Kier molecular flexibility index (Phi) is 24.9. The van der Waals surface area contributed by atoms with Crippen LogP contribution in [0, 0.1) is 17.0 Å². The molecular formula is C56H78F2N6O11S2Si. The van der Waals surface area contributed by atoms with Crippen molar-refractivity contribution in [3.05, 3.63) is 120 Å². The van der Waals surface area contributed by atoms with Crippen molar-refractivity contribution >= 4 is 65.6 Å². The zero-order valence-electron chi connectivity index (χ0n) is 46.4. The maximum absolute atomic E-state index is 15.5. The third kappa shape index (κ3) is 23.8. The summed E-state index contributed by atoms with van der Waals surface area (Å²) in [5.74, 6) is -5.04. The van der Waals surface area contributed by atoms with E-state index in [-0.39, 0.29) is 81.6 Å². The molecular weight excluding hydrogens is 1060 g/mol. The smallest absolute Gasteiger partial charge is 0.407 e. The van der Waals surface area contributed by atoms with Crippen LogP contribution in [0.1, 0.15) is 83.7 Å². The van der Waals surface area contributed by atoms with Crippen molar-refractivity contribution < 1.29 is 60.2 Å². The summed E-state index contributed by atoms with van der Waals surface area (Å²) in [5.41, 5.74) is 1.18. The molecule has 4 N–H and O–H groups in total. The van der Waals surface area contributed by atoms with E-state index in [1.54, 1.807) is 62.2 Å². The van der Waals surface area contributed by atoms with Crippen LogP contribution in [0.25, 0.3) is 11.1 Å². The van der Waals surface area contributed by atoms with E-state index in [2.05, 4.69) is 40.9 Å². The van der Waals surface area contributed by atoms with Gasteiger partial charge >= 0.3 is 18.2 Å². The Morgan fingerprint density at radius 2 is 1.38 bits per heavy atom. The van der Waals surface area contributed by atoms with E-state index < -0.39 is 94.1 Å². The summed E-state index contributed by atoms with van der Waals surface area (Å²) in [6.45, 7) is 17.7. The second-order valence-corrected chi connectivity index (χ2v) is 31.1. The van der Waals surface area contributed by atoms with Crippen LogP contribution < -0.4 is 21.3 Å². The molecule has 0 saturated carbocycles. The zero-order valence-corrected chi connectivity index (χ0v) is 49.0. The van der Waals surface area contributed by atoms with E-state index in [9.17, 15) is 41.6 Å². The topological polar surface area (TPSA) is 221 Å². The highest BCUT2D eigenvalue weighted by Crippen LogP contribution is 2.41. The number of thioether (sulfide) groups is 1. The molecule has 0 bridgehead atoms. The number of hydrogen-bond acceptors (Lipinski definition) is 12. The number of halogens is 2. The molecule has 0 spiro atoms. The molecule has 0 unspecified atom stereocenters. The Bertz CT molecular complexity index is 2730. The Balaban J connectivity index is 1.57. The number of carbonyl (C=O) groups excluding carboxylic acids is 6. The molecule has 0 aliphatic carbocycles. The average molecular weight is 1140 g/mol. The molecule has 0 aliphatic heterocycles. The maximum Gasteiger partial charge on any atom is 0.407 e. The summed E-state index contributed by atoms with van der Waals surface area (Å²) < 4.78 is 73.9. The van der Waals surface area contributed by atoms with Gasteiger partial charge < -0.3 is 44.9 Å². The quantitative estimate of drug-likeness (QED) is 0.0174. The van der Waals surface area contributed by atoms with Crippen molar-refractivity contribution in [3.8, 4) is 11.1 Å². The second-order valence-electron chi connectivity index (χ2n) is 22.1. The van der Waals surface area contributed by atoms with Crippen LogP contribution in [-0.2, 0) is 56.4 Å². The number of nitrogens with one attached hydrogen (secondary N) is 4. The first-order valence-electron chi connectivity index (χ1n) is 26.0. The molecule has 0 aliphatic rings. The van der Waals surface area contributed by atoms with Gasteiger partial charge in [-0.1, -0.05) is 101 Å². The Labute approximate surface area is 463 Å². The number of ether oxygens (including phenoxy) is 3. The minimum atomic E-state index is -3.81. The molecule has 0 fully saturated rings. The van der Waals surface area contributed by atoms with Crippen molar-refractivity contribution in [1.29, 1.82) is 0 Å². The van der Waals surface area contributed by atoms with Gasteiger partial charge in [-0.3, -0.25) is 19.2 Å². The third-order valence-electron chi connectivity index (χ3n) is 11.8. The molecule has 3 aromatic carbocycles. The highest BCUT2D eigenvalue weighted by atomic mass is 32.2. The largest absolute Gasteiger partial charge is 0.460 e. The Morgan fingerprint density at radius 3 is 2.01 bits per heavy atom. The van der Waals surface area contributed by atoms with Crippen LogP contribution in [0.5, 0.6) is 0 Å². The number of hydrogen-bond donors (Lipinski definition) is 4. The number of benzene rings is 3. The van der Waals surface area contributed by atoms with Gasteiger partial charge in [0.25, 0.3) is 0 Å². The first-order chi connectivity index (χ1) is 36.6. The van der Waals surface area contributed by atoms with E-state index in [1.807, 2.05) is 61.7 Å². The molecule has 17 nitrogen and oxygen atoms in total. The highest BCUT2D eigenvalue weighted by molar-refractivity contribution is 8.00. The predicted octanol–water partition coefficient (Wildman–Crippen LogP) is 8.65. The van der Waals surface area contributed by atoms with Crippen molar-refractivity contribution in [2.45, 2.75) is 117 Å². The summed E-state index contributed by atoms with van der Waals surface area (Å²) in [5, 5.41) is 10.4. The molecule has 1 heterocycles. The lowest BCUT2D eigenvalue weighted by molar-refractivity contribution is -0.155. The van der Waals surface area contributed by atoms with E-state index in [4.69, 9.17) is 14.2 Å². The summed E-state index contributed by atoms with van der Waals surface area (Å²) in [4.78, 5) is 81.2. The van der Waals surface area contributed by atoms with Crippen molar-refractivity contribution in [1.82, 2.24) is 30.7 Å². The lowest BCUT2D eigenvalue weighted by Crippen LogP contribution is -2.49. The van der Waals surface area contributed by atoms with E-state index in [1.165, 1.54) is 0 Å². The predicted molar refractivity (Wildman–Crippen MR) is 302 cm³/mol. The van der Waals surface area contributed by atoms with Gasteiger partial charge in [0, 0.05) is 76.0 Å². The van der Waals surface area contributed by atoms with Gasteiger partial charge in [-0.25, -0.2) is 26.8 Å². The van der Waals surface area contributed by atoms with Gasteiger partial charge in [0.2, 0.25) is 17.7 Å². The van der Waals surface area contributed by atoms with E-state index in [0.29, 0.717) is 17.8 Å². The molecule has 22 heteroatoms. The van der Waals surface area contributed by atoms with Gasteiger partial charge in [-0.05, 0) is 74.0 Å². The van der Waals surface area contributed by atoms with Crippen LogP contribution in [0.4, 0.5) is 18.4 Å². The fourth-order valence-electron chi connectivity index (χ4n) is 7.99. The number of aromatic nitrogens is 1. The first-order valence-corrected chi connectivity index (χ1v) is 32.7. The normalized spacial score (nSPS) is 12.7. The lowest BCUT2D eigenvalue weighted by Gasteiger charge is -2.41. The van der Waals surface area contributed by atoms with Crippen LogP contribution in [0.15, 0.2) is 91.1 Å². The number of sulfone groups is 1. The molecule has 4 aromatic rings. The van der Waals surface area contributed by atoms with Gasteiger partial charge in [-0.15, -0.1) is 11.8 Å². The molecule has 0 radical (unpaired) electrons. The average Bonchev–Trinajstić information content (AvgIpc) is 3.82. The Morgan fingerprint density at radius 1 is 0.769 bits per heavy atom.